The van der Waals surface area contributed by atoms with Crippen molar-refractivity contribution in [3.8, 4) is 5.69 Å². The number of nitro benzene ring substituents is 1. The van der Waals surface area contributed by atoms with Gasteiger partial charge in [0.1, 0.15) is 18.3 Å². The molecule has 1 amide bonds. The van der Waals surface area contributed by atoms with Crippen molar-refractivity contribution in [2.24, 2.45) is 5.92 Å². The molecule has 10 nitrogen and oxygen atoms in total. The smallest absolute Gasteiger partial charge is 0.303 e. The molecule has 1 aliphatic rings. The number of aliphatic carboxylic acids is 1. The molecule has 1 aliphatic heterocycles. The third-order valence-corrected chi connectivity index (χ3v) is 4.66. The second-order valence-corrected chi connectivity index (χ2v) is 6.49. The van der Waals surface area contributed by atoms with E-state index in [1.54, 1.807) is 4.90 Å². The van der Waals surface area contributed by atoms with Gasteiger partial charge < -0.3 is 10.0 Å². The number of hydrogen-bond acceptors (Lipinski definition) is 6. The molecule has 27 heavy (non-hydrogen) atoms. The minimum absolute atomic E-state index is 0.0742. The molecule has 142 valence electrons. The Bertz CT molecular complexity index is 851. The van der Waals surface area contributed by atoms with Crippen molar-refractivity contribution in [1.29, 1.82) is 0 Å². The number of carboxylic acids is 1. The predicted octanol–water partition coefficient (Wildman–Crippen LogP) is 1.89. The summed E-state index contributed by atoms with van der Waals surface area (Å²) in [4.78, 5) is 39.9. The Kier molecular flexibility index (Phi) is 5.43. The average molecular weight is 373 g/mol. The molecular formula is C17H19N5O5. The van der Waals surface area contributed by atoms with E-state index in [1.165, 1.54) is 35.5 Å². The van der Waals surface area contributed by atoms with E-state index in [0.29, 0.717) is 19.5 Å². The fraction of sp³-hybridized carbons (Fsp3) is 0.412. The molecule has 2 aromatic rings. The normalized spacial score (nSPS) is 16.9. The van der Waals surface area contributed by atoms with Gasteiger partial charge >= 0.3 is 5.97 Å². The molecule has 1 saturated heterocycles. The van der Waals surface area contributed by atoms with Crippen LogP contribution in [-0.2, 0) is 4.79 Å². The van der Waals surface area contributed by atoms with E-state index in [9.17, 15) is 19.7 Å². The van der Waals surface area contributed by atoms with Crippen LogP contribution in [0, 0.1) is 16.0 Å². The van der Waals surface area contributed by atoms with Gasteiger partial charge in [0.15, 0.2) is 0 Å². The Morgan fingerprint density at radius 1 is 1.37 bits per heavy atom. The number of rotatable bonds is 6. The lowest BCUT2D eigenvalue weighted by atomic mass is 9.93. The van der Waals surface area contributed by atoms with Crippen molar-refractivity contribution in [1.82, 2.24) is 19.7 Å². The lowest BCUT2D eigenvalue weighted by molar-refractivity contribution is -0.384. The van der Waals surface area contributed by atoms with Crippen LogP contribution < -0.4 is 0 Å². The third-order valence-electron chi connectivity index (χ3n) is 4.66. The molecule has 1 atom stereocenters. The van der Waals surface area contributed by atoms with Crippen molar-refractivity contribution in [2.75, 3.05) is 13.1 Å². The molecule has 2 heterocycles. The Morgan fingerprint density at radius 3 is 2.85 bits per heavy atom. The van der Waals surface area contributed by atoms with Crippen LogP contribution in [0.2, 0.25) is 0 Å². The van der Waals surface area contributed by atoms with Crippen LogP contribution >= 0.6 is 0 Å². The van der Waals surface area contributed by atoms with Crippen molar-refractivity contribution in [3.05, 3.63) is 46.5 Å². The van der Waals surface area contributed by atoms with Gasteiger partial charge in [-0.05, 0) is 37.3 Å². The van der Waals surface area contributed by atoms with Gasteiger partial charge in [0.25, 0.3) is 11.6 Å². The highest BCUT2D eigenvalue weighted by atomic mass is 16.6. The standard InChI is InChI=1S/C17H19N5O5/c23-16(24)6-3-12-2-1-7-20(9-12)17(25)13-4-5-14(15(8-13)22(26)27)21-11-18-10-19-21/h4-5,8,10-12H,1-3,6-7,9H2,(H,23,24). The molecule has 0 aliphatic carbocycles. The number of carboxylic acid groups (broad SMARTS) is 1. The summed E-state index contributed by atoms with van der Waals surface area (Å²) in [7, 11) is 0. The van der Waals surface area contributed by atoms with Gasteiger partial charge in [-0.1, -0.05) is 0 Å². The molecule has 1 N–H and O–H groups in total. The lowest BCUT2D eigenvalue weighted by Crippen LogP contribution is -2.40. The zero-order valence-corrected chi connectivity index (χ0v) is 14.5. The minimum atomic E-state index is -0.849. The summed E-state index contributed by atoms with van der Waals surface area (Å²) in [5.41, 5.74) is 0.224. The van der Waals surface area contributed by atoms with Crippen LogP contribution in [0.5, 0.6) is 0 Å². The summed E-state index contributed by atoms with van der Waals surface area (Å²) in [6.07, 6.45) is 4.88. The summed E-state index contributed by atoms with van der Waals surface area (Å²) in [6.45, 7) is 1.02. The zero-order chi connectivity index (χ0) is 19.4. The fourth-order valence-corrected chi connectivity index (χ4v) is 3.32. The Balaban J connectivity index is 1.79. The topological polar surface area (TPSA) is 131 Å². The SMILES string of the molecule is O=C(O)CCC1CCCN(C(=O)c2ccc(-n3cncn3)c([N+](=O)[O-])c2)C1. The highest BCUT2D eigenvalue weighted by Crippen LogP contribution is 2.26. The first-order chi connectivity index (χ1) is 13.0. The Morgan fingerprint density at radius 2 is 2.19 bits per heavy atom. The summed E-state index contributed by atoms with van der Waals surface area (Å²) < 4.78 is 1.27. The van der Waals surface area contributed by atoms with Crippen molar-refractivity contribution < 1.29 is 19.6 Å². The van der Waals surface area contributed by atoms with Gasteiger partial charge in [0, 0.05) is 31.1 Å². The van der Waals surface area contributed by atoms with Gasteiger partial charge in [-0.2, -0.15) is 5.10 Å². The number of piperidine rings is 1. The fourth-order valence-electron chi connectivity index (χ4n) is 3.32. The van der Waals surface area contributed by atoms with E-state index in [-0.39, 0.29) is 35.2 Å². The molecular weight excluding hydrogens is 354 g/mol. The number of carbonyl (C=O) groups is 2. The van der Waals surface area contributed by atoms with Gasteiger partial charge in [0.05, 0.1) is 4.92 Å². The molecule has 1 aromatic carbocycles. The number of likely N-dealkylation sites (tertiary alicyclic amines) is 1. The summed E-state index contributed by atoms with van der Waals surface area (Å²) in [5, 5.41) is 24.2. The molecule has 10 heteroatoms. The van der Waals surface area contributed by atoms with Crippen LogP contribution in [0.4, 0.5) is 5.69 Å². The van der Waals surface area contributed by atoms with Gasteiger partial charge in [0.2, 0.25) is 0 Å². The number of aromatic nitrogens is 3. The van der Waals surface area contributed by atoms with Gasteiger partial charge in [-0.25, -0.2) is 9.67 Å². The van der Waals surface area contributed by atoms with E-state index in [0.717, 1.165) is 12.8 Å². The molecule has 1 aromatic heterocycles. The number of benzene rings is 1. The maximum Gasteiger partial charge on any atom is 0.303 e. The Hall–Kier alpha value is -3.30. The van der Waals surface area contributed by atoms with Crippen molar-refractivity contribution in [2.45, 2.75) is 25.7 Å². The number of nitrogens with zero attached hydrogens (tertiary/aromatic N) is 5. The van der Waals surface area contributed by atoms with E-state index in [2.05, 4.69) is 10.1 Å². The average Bonchev–Trinajstić information content (AvgIpc) is 3.20. The van der Waals surface area contributed by atoms with E-state index in [4.69, 9.17) is 5.11 Å². The predicted molar refractivity (Wildman–Crippen MR) is 93.5 cm³/mol. The number of carbonyl (C=O) groups excluding carboxylic acids is 1. The minimum Gasteiger partial charge on any atom is -0.481 e. The van der Waals surface area contributed by atoms with Crippen molar-refractivity contribution in [3.63, 3.8) is 0 Å². The summed E-state index contributed by atoms with van der Waals surface area (Å²) in [6, 6.07) is 4.26. The first-order valence-corrected chi connectivity index (χ1v) is 8.60. The number of amides is 1. The highest BCUT2D eigenvalue weighted by molar-refractivity contribution is 5.95. The maximum atomic E-state index is 12.8. The first-order valence-electron chi connectivity index (χ1n) is 8.60. The molecule has 0 saturated carbocycles. The zero-order valence-electron chi connectivity index (χ0n) is 14.5. The van der Waals surface area contributed by atoms with Crippen molar-refractivity contribution >= 4 is 17.6 Å². The molecule has 3 rings (SSSR count). The second kappa shape index (κ2) is 7.94. The van der Waals surface area contributed by atoms with Crippen LogP contribution in [0.25, 0.3) is 5.69 Å². The highest BCUT2D eigenvalue weighted by Gasteiger charge is 2.27. The first kappa shape index (κ1) is 18.5. The molecule has 0 spiro atoms. The van der Waals surface area contributed by atoms with E-state index < -0.39 is 10.9 Å². The summed E-state index contributed by atoms with van der Waals surface area (Å²) in [5.74, 6) is -1.01. The largest absolute Gasteiger partial charge is 0.481 e. The van der Waals surface area contributed by atoms with Gasteiger partial charge in [-0.15, -0.1) is 0 Å². The lowest BCUT2D eigenvalue weighted by Gasteiger charge is -2.32. The third kappa shape index (κ3) is 4.27. The van der Waals surface area contributed by atoms with Gasteiger partial charge in [-0.3, -0.25) is 19.7 Å². The molecule has 0 bridgehead atoms. The quantitative estimate of drug-likeness (QED) is 0.604. The van der Waals surface area contributed by atoms with E-state index in [1.807, 2.05) is 0 Å². The van der Waals surface area contributed by atoms with Crippen LogP contribution in [0.1, 0.15) is 36.0 Å². The van der Waals surface area contributed by atoms with E-state index >= 15 is 0 Å². The number of nitro groups is 1. The summed E-state index contributed by atoms with van der Waals surface area (Å²) >= 11 is 0. The molecule has 0 radical (unpaired) electrons. The molecule has 1 fully saturated rings. The number of hydrogen-bond donors (Lipinski definition) is 1. The Labute approximate surface area is 154 Å². The maximum absolute atomic E-state index is 12.8. The second-order valence-electron chi connectivity index (χ2n) is 6.49. The van der Waals surface area contributed by atoms with Crippen LogP contribution in [0.3, 0.4) is 0 Å². The monoisotopic (exact) mass is 373 g/mol. The molecule has 1 unspecified atom stereocenters. The van der Waals surface area contributed by atoms with Crippen LogP contribution in [0.15, 0.2) is 30.9 Å². The van der Waals surface area contributed by atoms with Crippen LogP contribution in [-0.4, -0.2) is 54.7 Å².